The molecule has 0 aliphatic carbocycles. The summed E-state index contributed by atoms with van der Waals surface area (Å²) in [4.78, 5) is 12.1. The van der Waals surface area contributed by atoms with Crippen molar-refractivity contribution in [3.63, 3.8) is 0 Å². The minimum atomic E-state index is -0.00466. The van der Waals surface area contributed by atoms with Crippen molar-refractivity contribution in [2.75, 3.05) is 25.1 Å². The van der Waals surface area contributed by atoms with Gasteiger partial charge in [-0.05, 0) is 24.6 Å². The van der Waals surface area contributed by atoms with E-state index in [-0.39, 0.29) is 24.4 Å². The first kappa shape index (κ1) is 15.8. The zero-order valence-electron chi connectivity index (χ0n) is 11.8. The number of ether oxygens (including phenoxy) is 1. The monoisotopic (exact) mass is 310 g/mol. The number of halogens is 1. The summed E-state index contributed by atoms with van der Waals surface area (Å²) >= 11 is 0. The smallest absolute Gasteiger partial charge is 0.226 e. The summed E-state index contributed by atoms with van der Waals surface area (Å²) in [6.07, 6.45) is 2.19. The van der Waals surface area contributed by atoms with Crippen molar-refractivity contribution in [2.24, 2.45) is 0 Å². The van der Waals surface area contributed by atoms with Gasteiger partial charge >= 0.3 is 0 Å². The molecule has 0 bridgehead atoms. The lowest BCUT2D eigenvalue weighted by molar-refractivity contribution is -0.117. The fourth-order valence-corrected chi connectivity index (χ4v) is 2.42. The lowest BCUT2D eigenvalue weighted by Crippen LogP contribution is -2.43. The van der Waals surface area contributed by atoms with Crippen LogP contribution in [0.15, 0.2) is 18.3 Å². The van der Waals surface area contributed by atoms with Gasteiger partial charge in [-0.2, -0.15) is 5.10 Å². The van der Waals surface area contributed by atoms with E-state index in [9.17, 15) is 4.79 Å². The number of nitrogens with zero attached hydrogens (tertiary/aromatic N) is 1. The number of anilines is 1. The number of aromatic amines is 1. The Labute approximate surface area is 129 Å². The average Bonchev–Trinajstić information content (AvgIpc) is 2.87. The maximum atomic E-state index is 12.1. The SMILES string of the molecule is Cc1cc2cn[nH]c2cc1NC(=O)CC1COCCN1.Cl. The van der Waals surface area contributed by atoms with Gasteiger partial charge in [-0.15, -0.1) is 12.4 Å². The molecule has 2 aromatic rings. The number of aromatic nitrogens is 2. The molecule has 1 amide bonds. The van der Waals surface area contributed by atoms with Gasteiger partial charge in [0.25, 0.3) is 0 Å². The first-order chi connectivity index (χ1) is 9.72. The third-order valence-electron chi connectivity index (χ3n) is 3.49. The van der Waals surface area contributed by atoms with Crippen molar-refractivity contribution in [1.82, 2.24) is 15.5 Å². The summed E-state index contributed by atoms with van der Waals surface area (Å²) in [5.41, 5.74) is 2.77. The zero-order valence-corrected chi connectivity index (χ0v) is 12.6. The lowest BCUT2D eigenvalue weighted by atomic mass is 10.1. The second-order valence-electron chi connectivity index (χ2n) is 5.10. The molecule has 0 radical (unpaired) electrons. The number of rotatable bonds is 3. The second-order valence-corrected chi connectivity index (χ2v) is 5.10. The van der Waals surface area contributed by atoms with Crippen LogP contribution in [-0.2, 0) is 9.53 Å². The van der Waals surface area contributed by atoms with E-state index >= 15 is 0 Å². The molecule has 114 valence electrons. The molecular formula is C14H19ClN4O2. The van der Waals surface area contributed by atoms with Crippen molar-refractivity contribution >= 4 is 34.9 Å². The summed E-state index contributed by atoms with van der Waals surface area (Å²) in [6, 6.07) is 4.02. The average molecular weight is 311 g/mol. The Hall–Kier alpha value is -1.63. The van der Waals surface area contributed by atoms with Crippen LogP contribution >= 0.6 is 12.4 Å². The molecule has 0 saturated carbocycles. The molecule has 6 nitrogen and oxygen atoms in total. The van der Waals surface area contributed by atoms with E-state index in [0.29, 0.717) is 19.6 Å². The molecule has 7 heteroatoms. The fourth-order valence-electron chi connectivity index (χ4n) is 2.42. The molecule has 1 aromatic heterocycles. The van der Waals surface area contributed by atoms with Gasteiger partial charge in [0.05, 0.1) is 24.9 Å². The Balaban J connectivity index is 0.00000161. The van der Waals surface area contributed by atoms with Crippen LogP contribution in [-0.4, -0.2) is 41.9 Å². The van der Waals surface area contributed by atoms with Crippen LogP contribution < -0.4 is 10.6 Å². The van der Waals surface area contributed by atoms with Crippen LogP contribution in [0.5, 0.6) is 0 Å². The van der Waals surface area contributed by atoms with E-state index in [0.717, 1.165) is 28.7 Å². The van der Waals surface area contributed by atoms with Crippen LogP contribution in [0, 0.1) is 6.92 Å². The number of H-pyrrole nitrogens is 1. The molecule has 1 unspecified atom stereocenters. The predicted octanol–water partition coefficient (Wildman–Crippen LogP) is 1.61. The molecule has 1 atom stereocenters. The van der Waals surface area contributed by atoms with Gasteiger partial charge < -0.3 is 15.4 Å². The largest absolute Gasteiger partial charge is 0.378 e. The quantitative estimate of drug-likeness (QED) is 0.805. The van der Waals surface area contributed by atoms with Crippen LogP contribution in [0.2, 0.25) is 0 Å². The number of morpholine rings is 1. The van der Waals surface area contributed by atoms with Gasteiger partial charge in [-0.25, -0.2) is 0 Å². The molecule has 1 aromatic carbocycles. The minimum absolute atomic E-state index is 0. The molecule has 3 N–H and O–H groups in total. The Morgan fingerprint density at radius 3 is 3.14 bits per heavy atom. The van der Waals surface area contributed by atoms with E-state index in [4.69, 9.17) is 4.74 Å². The molecule has 1 aliphatic rings. The normalized spacial score (nSPS) is 18.2. The van der Waals surface area contributed by atoms with E-state index in [2.05, 4.69) is 20.8 Å². The molecule has 0 spiro atoms. The number of hydrogen-bond acceptors (Lipinski definition) is 4. The van der Waals surface area contributed by atoms with E-state index in [1.165, 1.54) is 0 Å². The summed E-state index contributed by atoms with van der Waals surface area (Å²) in [5, 5.41) is 14.2. The third kappa shape index (κ3) is 3.72. The highest BCUT2D eigenvalue weighted by Gasteiger charge is 2.17. The lowest BCUT2D eigenvalue weighted by Gasteiger charge is -2.23. The number of carbonyl (C=O) groups is 1. The van der Waals surface area contributed by atoms with Gasteiger partial charge in [0, 0.05) is 30.1 Å². The molecule has 21 heavy (non-hydrogen) atoms. The highest BCUT2D eigenvalue weighted by Crippen LogP contribution is 2.22. The summed E-state index contributed by atoms with van der Waals surface area (Å²) in [7, 11) is 0. The van der Waals surface area contributed by atoms with Crippen LogP contribution in [0.3, 0.4) is 0 Å². The molecule has 1 saturated heterocycles. The highest BCUT2D eigenvalue weighted by molar-refractivity contribution is 5.95. The van der Waals surface area contributed by atoms with E-state index < -0.39 is 0 Å². The maximum absolute atomic E-state index is 12.1. The maximum Gasteiger partial charge on any atom is 0.226 e. The number of nitrogens with one attached hydrogen (secondary N) is 3. The van der Waals surface area contributed by atoms with Gasteiger partial charge in [-0.3, -0.25) is 9.89 Å². The Morgan fingerprint density at radius 2 is 2.38 bits per heavy atom. The molecule has 3 rings (SSSR count). The first-order valence-corrected chi connectivity index (χ1v) is 6.77. The second kappa shape index (κ2) is 6.89. The number of amides is 1. The summed E-state index contributed by atoms with van der Waals surface area (Å²) in [5.74, 6) is -0.00466. The van der Waals surface area contributed by atoms with Crippen molar-refractivity contribution in [3.05, 3.63) is 23.9 Å². The van der Waals surface area contributed by atoms with E-state index in [1.807, 2.05) is 19.1 Å². The number of carbonyl (C=O) groups excluding carboxylic acids is 1. The van der Waals surface area contributed by atoms with Crippen molar-refractivity contribution in [2.45, 2.75) is 19.4 Å². The summed E-state index contributed by atoms with van der Waals surface area (Å²) in [6.45, 7) is 4.08. The molecular weight excluding hydrogens is 292 g/mol. The molecule has 1 fully saturated rings. The standard InChI is InChI=1S/C14H18N4O2.ClH/c1-9-4-10-7-16-18-13(10)6-12(9)17-14(19)5-11-8-20-3-2-15-11;/h4,6-7,11,15H,2-3,5,8H2,1H3,(H,16,18)(H,17,19);1H. The van der Waals surface area contributed by atoms with Crippen LogP contribution in [0.25, 0.3) is 10.9 Å². The van der Waals surface area contributed by atoms with Crippen molar-refractivity contribution < 1.29 is 9.53 Å². The number of hydrogen-bond donors (Lipinski definition) is 3. The number of benzene rings is 1. The predicted molar refractivity (Wildman–Crippen MR) is 83.9 cm³/mol. The van der Waals surface area contributed by atoms with Gasteiger partial charge in [-0.1, -0.05) is 0 Å². The molecule has 1 aliphatic heterocycles. The van der Waals surface area contributed by atoms with Crippen molar-refractivity contribution in [1.29, 1.82) is 0 Å². The number of fused-ring (bicyclic) bond motifs is 1. The van der Waals surface area contributed by atoms with Crippen LogP contribution in [0.4, 0.5) is 5.69 Å². The number of aryl methyl sites for hydroxylation is 1. The van der Waals surface area contributed by atoms with Gasteiger partial charge in [0.1, 0.15) is 0 Å². The Bertz CT molecular complexity index is 622. The van der Waals surface area contributed by atoms with Gasteiger partial charge in [0.2, 0.25) is 5.91 Å². The third-order valence-corrected chi connectivity index (χ3v) is 3.49. The first-order valence-electron chi connectivity index (χ1n) is 6.77. The molecule has 2 heterocycles. The van der Waals surface area contributed by atoms with Gasteiger partial charge in [0.15, 0.2) is 0 Å². The zero-order chi connectivity index (χ0) is 13.9. The summed E-state index contributed by atoms with van der Waals surface area (Å²) < 4.78 is 5.35. The topological polar surface area (TPSA) is 79.0 Å². The Morgan fingerprint density at radius 1 is 1.52 bits per heavy atom. The Kier molecular flexibility index (Phi) is 5.17. The van der Waals surface area contributed by atoms with Crippen molar-refractivity contribution in [3.8, 4) is 0 Å². The fraction of sp³-hybridized carbons (Fsp3) is 0.429. The minimum Gasteiger partial charge on any atom is -0.378 e. The van der Waals surface area contributed by atoms with Crippen LogP contribution in [0.1, 0.15) is 12.0 Å². The highest BCUT2D eigenvalue weighted by atomic mass is 35.5. The van der Waals surface area contributed by atoms with E-state index in [1.54, 1.807) is 6.20 Å².